The van der Waals surface area contributed by atoms with Gasteiger partial charge in [-0.05, 0) is 29.5 Å². The van der Waals surface area contributed by atoms with E-state index < -0.39 is 5.97 Å². The van der Waals surface area contributed by atoms with Crippen LogP contribution in [-0.2, 0) is 22.6 Å². The highest BCUT2D eigenvalue weighted by molar-refractivity contribution is 8.00. The van der Waals surface area contributed by atoms with Crippen molar-refractivity contribution in [3.05, 3.63) is 23.3 Å². The van der Waals surface area contributed by atoms with Crippen LogP contribution < -0.4 is 5.32 Å². The quantitative estimate of drug-likeness (QED) is 0.335. The van der Waals surface area contributed by atoms with E-state index in [1.807, 2.05) is 17.8 Å². The number of H-pyrrole nitrogens is 1. The molecule has 0 atom stereocenters. The van der Waals surface area contributed by atoms with Crippen molar-refractivity contribution < 1.29 is 19.8 Å². The van der Waals surface area contributed by atoms with Crippen LogP contribution in [0.15, 0.2) is 17.2 Å². The number of aliphatic carboxylic acids is 1. The van der Waals surface area contributed by atoms with Crippen LogP contribution in [0, 0.1) is 5.41 Å². The molecule has 0 radical (unpaired) electrons. The number of amides is 1. The predicted molar refractivity (Wildman–Crippen MR) is 150 cm³/mol. The zero-order valence-electron chi connectivity index (χ0n) is 23.2. The van der Waals surface area contributed by atoms with Gasteiger partial charge in [-0.3, -0.25) is 19.4 Å². The number of aromatic amines is 1. The second kappa shape index (κ2) is 12.1. The van der Waals surface area contributed by atoms with E-state index in [-0.39, 0.29) is 28.9 Å². The van der Waals surface area contributed by atoms with Gasteiger partial charge in [-0.2, -0.15) is 0 Å². The number of carboxylic acids is 1. The van der Waals surface area contributed by atoms with Crippen LogP contribution in [0.5, 0.6) is 5.75 Å². The van der Waals surface area contributed by atoms with Crippen molar-refractivity contribution in [2.45, 2.75) is 77.1 Å². The number of nitrogens with zero attached hydrogens (tertiary/aromatic N) is 2. The third kappa shape index (κ3) is 8.93. The molecule has 0 bridgehead atoms. The molecule has 0 aliphatic carbocycles. The number of carboxylic acid groups (broad SMARTS) is 1. The maximum atomic E-state index is 11.7. The van der Waals surface area contributed by atoms with Gasteiger partial charge in [0.1, 0.15) is 5.75 Å². The number of carbonyl (C=O) groups is 2. The molecule has 206 valence electrons. The molecule has 1 aromatic carbocycles. The standard InChI is InChI=1S/C28H44N4O4S/c1-27(2,3)17-20-19-7-8-22(33)21(25(19)30-26(20)37-28(4,5)6)18-32-15-13-31(14-16-32)12-11-29-23(34)9-10-24(35)36/h7-8,30,33H,9-18H2,1-6H3,(H,29,34)(H,35,36). The molecule has 4 N–H and O–H groups in total. The molecule has 1 amide bonds. The van der Waals surface area contributed by atoms with Crippen molar-refractivity contribution in [1.82, 2.24) is 20.1 Å². The molecular weight excluding hydrogens is 488 g/mol. The normalized spacial score (nSPS) is 15.8. The number of nitrogens with one attached hydrogen (secondary N) is 2. The Kier molecular flexibility index (Phi) is 9.58. The fraction of sp³-hybridized carbons (Fsp3) is 0.643. The predicted octanol–water partition coefficient (Wildman–Crippen LogP) is 4.45. The van der Waals surface area contributed by atoms with Crippen molar-refractivity contribution in [1.29, 1.82) is 0 Å². The summed E-state index contributed by atoms with van der Waals surface area (Å²) in [5.41, 5.74) is 3.47. The highest BCUT2D eigenvalue weighted by Gasteiger charge is 2.26. The van der Waals surface area contributed by atoms with Crippen LogP contribution in [0.1, 0.15) is 65.5 Å². The first-order valence-corrected chi connectivity index (χ1v) is 14.0. The summed E-state index contributed by atoms with van der Waals surface area (Å²) in [4.78, 5) is 30.7. The summed E-state index contributed by atoms with van der Waals surface area (Å²) in [7, 11) is 0. The van der Waals surface area contributed by atoms with Crippen LogP contribution in [0.3, 0.4) is 0 Å². The third-order valence-corrected chi connectivity index (χ3v) is 7.57. The van der Waals surface area contributed by atoms with Gasteiger partial charge in [0.2, 0.25) is 5.91 Å². The van der Waals surface area contributed by atoms with Crippen LogP contribution in [0.2, 0.25) is 0 Å². The Morgan fingerprint density at radius 2 is 1.65 bits per heavy atom. The average Bonchev–Trinajstić information content (AvgIpc) is 3.09. The molecule has 3 rings (SSSR count). The molecule has 0 saturated carbocycles. The first-order chi connectivity index (χ1) is 17.2. The van der Waals surface area contributed by atoms with Crippen LogP contribution in [-0.4, -0.2) is 80.9 Å². The lowest BCUT2D eigenvalue weighted by atomic mass is 9.88. The van der Waals surface area contributed by atoms with Gasteiger partial charge >= 0.3 is 5.97 Å². The summed E-state index contributed by atoms with van der Waals surface area (Å²) in [5, 5.41) is 24.8. The van der Waals surface area contributed by atoms with E-state index in [0.717, 1.165) is 50.2 Å². The van der Waals surface area contributed by atoms with Crippen molar-refractivity contribution >= 4 is 34.5 Å². The Bertz CT molecular complexity index is 1090. The number of piperazine rings is 1. The molecule has 1 fully saturated rings. The minimum atomic E-state index is -0.957. The molecule has 0 spiro atoms. The smallest absolute Gasteiger partial charge is 0.303 e. The molecule has 8 nitrogen and oxygen atoms in total. The SMILES string of the molecule is CC(C)(C)Cc1c(SC(C)(C)C)[nH]c2c(CN3CCN(CCNC(=O)CCC(=O)O)CC3)c(O)ccc12. The van der Waals surface area contributed by atoms with Gasteiger partial charge in [-0.25, -0.2) is 0 Å². The van der Waals surface area contributed by atoms with Gasteiger partial charge in [0.05, 0.1) is 17.0 Å². The summed E-state index contributed by atoms with van der Waals surface area (Å²) >= 11 is 1.85. The summed E-state index contributed by atoms with van der Waals surface area (Å²) < 4.78 is 0.0712. The van der Waals surface area contributed by atoms with Crippen molar-refractivity contribution in [2.75, 3.05) is 39.3 Å². The molecule has 9 heteroatoms. The molecule has 0 unspecified atom stereocenters. The second-order valence-electron chi connectivity index (χ2n) is 12.2. The summed E-state index contributed by atoms with van der Waals surface area (Å²) in [6, 6.07) is 3.90. The maximum Gasteiger partial charge on any atom is 0.303 e. The number of hydrogen-bond donors (Lipinski definition) is 4. The number of carbonyl (C=O) groups excluding carboxylic acids is 1. The third-order valence-electron chi connectivity index (χ3n) is 6.40. The first kappa shape index (κ1) is 29.3. The highest BCUT2D eigenvalue weighted by Crippen LogP contribution is 2.42. The van der Waals surface area contributed by atoms with Crippen molar-refractivity contribution in [2.24, 2.45) is 5.41 Å². The van der Waals surface area contributed by atoms with E-state index in [1.54, 1.807) is 0 Å². The maximum absolute atomic E-state index is 11.7. The van der Waals surface area contributed by atoms with E-state index >= 15 is 0 Å². The van der Waals surface area contributed by atoms with Gasteiger partial charge < -0.3 is 20.5 Å². The van der Waals surface area contributed by atoms with Gasteiger partial charge in [-0.1, -0.05) is 41.5 Å². The topological polar surface area (TPSA) is 109 Å². The number of fused-ring (bicyclic) bond motifs is 1. The Hall–Kier alpha value is -2.23. The molecular formula is C28H44N4O4S. The molecule has 1 aliphatic rings. The van der Waals surface area contributed by atoms with Crippen LogP contribution >= 0.6 is 11.8 Å². The molecule has 37 heavy (non-hydrogen) atoms. The Balaban J connectivity index is 1.66. The number of aromatic nitrogens is 1. The zero-order valence-corrected chi connectivity index (χ0v) is 24.1. The molecule has 2 heterocycles. The lowest BCUT2D eigenvalue weighted by Crippen LogP contribution is -2.48. The number of phenolic OH excluding ortho intramolecular Hbond substituents is 1. The fourth-order valence-corrected chi connectivity index (χ4v) is 5.73. The highest BCUT2D eigenvalue weighted by atomic mass is 32.2. The zero-order chi connectivity index (χ0) is 27.4. The second-order valence-corrected chi connectivity index (χ2v) is 14.1. The fourth-order valence-electron chi connectivity index (χ4n) is 4.66. The van der Waals surface area contributed by atoms with E-state index in [2.05, 4.69) is 67.7 Å². The summed E-state index contributed by atoms with van der Waals surface area (Å²) in [6.07, 6.45) is 0.838. The number of benzene rings is 1. The number of phenols is 1. The van der Waals surface area contributed by atoms with Crippen LogP contribution in [0.4, 0.5) is 0 Å². The Morgan fingerprint density at radius 1 is 1.00 bits per heavy atom. The van der Waals surface area contributed by atoms with E-state index in [9.17, 15) is 14.7 Å². The summed E-state index contributed by atoms with van der Waals surface area (Å²) in [5.74, 6) is -0.845. The molecule has 1 saturated heterocycles. The summed E-state index contributed by atoms with van der Waals surface area (Å²) in [6.45, 7) is 18.9. The number of thioether (sulfide) groups is 1. The molecule has 1 aromatic heterocycles. The lowest BCUT2D eigenvalue weighted by molar-refractivity contribution is -0.138. The minimum Gasteiger partial charge on any atom is -0.508 e. The van der Waals surface area contributed by atoms with Gasteiger partial charge in [0, 0.05) is 67.9 Å². The molecule has 2 aromatic rings. The lowest BCUT2D eigenvalue weighted by Gasteiger charge is -2.34. The molecule has 1 aliphatic heterocycles. The van der Waals surface area contributed by atoms with E-state index in [0.29, 0.717) is 18.8 Å². The average molecular weight is 533 g/mol. The van der Waals surface area contributed by atoms with Gasteiger partial charge in [0.15, 0.2) is 0 Å². The van der Waals surface area contributed by atoms with Gasteiger partial charge in [0.25, 0.3) is 0 Å². The monoisotopic (exact) mass is 532 g/mol. The van der Waals surface area contributed by atoms with Crippen molar-refractivity contribution in [3.8, 4) is 5.75 Å². The minimum absolute atomic E-state index is 0.0182. The van der Waals surface area contributed by atoms with Gasteiger partial charge in [-0.15, -0.1) is 11.8 Å². The van der Waals surface area contributed by atoms with Crippen molar-refractivity contribution in [3.63, 3.8) is 0 Å². The largest absolute Gasteiger partial charge is 0.508 e. The first-order valence-electron chi connectivity index (χ1n) is 13.2. The Labute approximate surface area is 225 Å². The number of hydrogen-bond acceptors (Lipinski definition) is 6. The van der Waals surface area contributed by atoms with E-state index in [4.69, 9.17) is 5.11 Å². The van der Waals surface area contributed by atoms with E-state index in [1.165, 1.54) is 16.0 Å². The number of rotatable bonds is 10. The number of aromatic hydroxyl groups is 1. The Morgan fingerprint density at radius 3 is 2.24 bits per heavy atom. The van der Waals surface area contributed by atoms with Crippen LogP contribution in [0.25, 0.3) is 10.9 Å².